The fourth-order valence-corrected chi connectivity index (χ4v) is 4.79. The molecule has 1 atom stereocenters. The van der Waals surface area contributed by atoms with E-state index in [-0.39, 0.29) is 16.7 Å². The number of hydrogen-bond donors (Lipinski definition) is 1. The Kier molecular flexibility index (Phi) is 3.38. The Bertz CT molecular complexity index is 747. The lowest BCUT2D eigenvalue weighted by Gasteiger charge is -2.26. The van der Waals surface area contributed by atoms with Crippen LogP contribution < -0.4 is 9.62 Å². The summed E-state index contributed by atoms with van der Waals surface area (Å²) in [5, 5.41) is 0. The third kappa shape index (κ3) is 2.44. The minimum absolute atomic E-state index is 0.0780. The van der Waals surface area contributed by atoms with Crippen molar-refractivity contribution >= 4 is 21.6 Å². The number of hydrogen-bond acceptors (Lipinski definition) is 3. The molecule has 1 aromatic carbocycles. The van der Waals surface area contributed by atoms with E-state index in [1.54, 1.807) is 12.1 Å². The number of amides is 1. The van der Waals surface area contributed by atoms with Crippen molar-refractivity contribution in [2.24, 2.45) is 0 Å². The molecule has 2 aliphatic heterocycles. The number of anilines is 1. The average molecular weight is 322 g/mol. The summed E-state index contributed by atoms with van der Waals surface area (Å²) in [5.74, 6) is -0.189. The molecule has 0 aromatic heterocycles. The third-order valence-corrected chi connectivity index (χ3v) is 5.88. The average Bonchev–Trinajstić information content (AvgIpc) is 2.63. The Hall–Kier alpha value is -1.40. The Balaban J connectivity index is 2.13. The van der Waals surface area contributed by atoms with Crippen molar-refractivity contribution in [1.82, 2.24) is 4.72 Å². The van der Waals surface area contributed by atoms with Crippen LogP contribution in [0.25, 0.3) is 0 Å². The van der Waals surface area contributed by atoms with E-state index >= 15 is 0 Å². The number of carbonyl (C=O) groups excluding carboxylic acids is 1. The molecule has 2 heterocycles. The van der Waals surface area contributed by atoms with Crippen molar-refractivity contribution in [1.29, 1.82) is 0 Å². The maximum absolute atomic E-state index is 12.6. The molecule has 0 spiro atoms. The molecule has 6 heteroatoms. The van der Waals surface area contributed by atoms with Gasteiger partial charge in [-0.25, -0.2) is 13.1 Å². The number of nitrogens with one attached hydrogen (secondary N) is 1. The molecule has 22 heavy (non-hydrogen) atoms. The fourth-order valence-electron chi connectivity index (χ4n) is 3.28. The lowest BCUT2D eigenvalue weighted by atomic mass is 9.97. The first kappa shape index (κ1) is 15.5. The predicted molar refractivity (Wildman–Crippen MR) is 85.6 cm³/mol. The summed E-state index contributed by atoms with van der Waals surface area (Å²) in [7, 11) is -3.59. The van der Waals surface area contributed by atoms with E-state index < -0.39 is 15.6 Å². The number of aryl methyl sites for hydroxylation is 1. The molecule has 120 valence electrons. The first-order valence-electron chi connectivity index (χ1n) is 7.62. The van der Waals surface area contributed by atoms with Crippen LogP contribution in [0.15, 0.2) is 17.0 Å². The summed E-state index contributed by atoms with van der Waals surface area (Å²) >= 11 is 0. The van der Waals surface area contributed by atoms with Crippen molar-refractivity contribution < 1.29 is 13.2 Å². The van der Waals surface area contributed by atoms with Crippen molar-refractivity contribution in [2.75, 3.05) is 11.4 Å². The van der Waals surface area contributed by atoms with Crippen LogP contribution in [0.4, 0.5) is 5.69 Å². The molecular weight excluding hydrogens is 300 g/mol. The van der Waals surface area contributed by atoms with Gasteiger partial charge in [0.15, 0.2) is 0 Å². The van der Waals surface area contributed by atoms with Crippen LogP contribution in [0.5, 0.6) is 0 Å². The second-order valence-corrected chi connectivity index (χ2v) is 8.87. The molecule has 0 aliphatic carbocycles. The van der Waals surface area contributed by atoms with Gasteiger partial charge in [0.1, 0.15) is 0 Å². The number of nitrogens with zero attached hydrogens (tertiary/aromatic N) is 1. The second-order valence-electron chi connectivity index (χ2n) is 7.19. The molecular formula is C16H22N2O3S. The molecule has 0 fully saturated rings. The summed E-state index contributed by atoms with van der Waals surface area (Å²) in [6.45, 7) is 8.03. The van der Waals surface area contributed by atoms with Crippen LogP contribution >= 0.6 is 0 Å². The van der Waals surface area contributed by atoms with Crippen LogP contribution in [-0.4, -0.2) is 26.4 Å². The molecule has 5 nitrogen and oxygen atoms in total. The summed E-state index contributed by atoms with van der Waals surface area (Å²) in [4.78, 5) is 14.4. The zero-order valence-corrected chi connectivity index (χ0v) is 14.3. The molecule has 0 unspecified atom stereocenters. The van der Waals surface area contributed by atoms with Crippen molar-refractivity contribution in [3.8, 4) is 0 Å². The van der Waals surface area contributed by atoms with Gasteiger partial charge in [0.2, 0.25) is 15.9 Å². The molecule has 0 radical (unpaired) electrons. The Morgan fingerprint density at radius 2 is 1.95 bits per heavy atom. The minimum Gasteiger partial charge on any atom is -0.311 e. The standard InChI is InChI=1S/C16H22N2O3S/c1-10-13-9-12(22(20,21)17-16(2,3)4)8-11-6-5-7-18(14(11)13)15(10)19/h8-10,17H,5-7H2,1-4H3/t10-/m1/s1. The van der Waals surface area contributed by atoms with Crippen LogP contribution in [0, 0.1) is 0 Å². The molecule has 0 bridgehead atoms. The Labute approximate surface area is 131 Å². The highest BCUT2D eigenvalue weighted by Gasteiger charge is 2.39. The maximum atomic E-state index is 12.6. The summed E-state index contributed by atoms with van der Waals surface area (Å²) in [5.41, 5.74) is 2.22. The van der Waals surface area contributed by atoms with Crippen LogP contribution in [-0.2, 0) is 21.2 Å². The molecule has 1 amide bonds. The molecule has 0 saturated heterocycles. The van der Waals surface area contributed by atoms with Crippen molar-refractivity contribution in [3.05, 3.63) is 23.3 Å². The summed E-state index contributed by atoms with van der Waals surface area (Å²) < 4.78 is 27.9. The van der Waals surface area contributed by atoms with Gasteiger partial charge in [-0.05, 0) is 63.8 Å². The highest BCUT2D eigenvalue weighted by Crippen LogP contribution is 2.43. The zero-order valence-electron chi connectivity index (χ0n) is 13.4. The lowest BCUT2D eigenvalue weighted by molar-refractivity contribution is -0.119. The normalized spacial score (nSPS) is 21.2. The second kappa shape index (κ2) is 4.80. The largest absolute Gasteiger partial charge is 0.311 e. The summed E-state index contributed by atoms with van der Waals surface area (Å²) in [6.07, 6.45) is 1.69. The van der Waals surface area contributed by atoms with Crippen molar-refractivity contribution in [3.63, 3.8) is 0 Å². The van der Waals surface area contributed by atoms with Gasteiger partial charge >= 0.3 is 0 Å². The number of sulfonamides is 1. The third-order valence-electron chi connectivity index (χ3n) is 4.14. The topological polar surface area (TPSA) is 66.5 Å². The van der Waals surface area contributed by atoms with Gasteiger partial charge < -0.3 is 4.90 Å². The van der Waals surface area contributed by atoms with Crippen LogP contribution in [0.3, 0.4) is 0 Å². The number of carbonyl (C=O) groups is 1. The molecule has 0 saturated carbocycles. The van der Waals surface area contributed by atoms with E-state index in [1.807, 2.05) is 32.6 Å². The highest BCUT2D eigenvalue weighted by molar-refractivity contribution is 7.89. The van der Waals surface area contributed by atoms with Gasteiger partial charge in [0, 0.05) is 12.1 Å². The monoisotopic (exact) mass is 322 g/mol. The van der Waals surface area contributed by atoms with E-state index in [0.717, 1.165) is 36.2 Å². The van der Waals surface area contributed by atoms with E-state index in [2.05, 4.69) is 4.72 Å². The quantitative estimate of drug-likeness (QED) is 0.907. The minimum atomic E-state index is -3.59. The molecule has 2 aliphatic rings. The number of rotatable bonds is 2. The van der Waals surface area contributed by atoms with E-state index in [1.165, 1.54) is 0 Å². The SMILES string of the molecule is C[C@H]1C(=O)N2CCCc3cc(S(=O)(=O)NC(C)(C)C)cc1c32. The Morgan fingerprint density at radius 3 is 2.59 bits per heavy atom. The van der Waals surface area contributed by atoms with Crippen LogP contribution in [0.1, 0.15) is 51.2 Å². The molecule has 3 rings (SSSR count). The van der Waals surface area contributed by atoms with E-state index in [9.17, 15) is 13.2 Å². The number of benzene rings is 1. The van der Waals surface area contributed by atoms with Gasteiger partial charge in [-0.2, -0.15) is 0 Å². The predicted octanol–water partition coefficient (Wildman–Crippen LogP) is 2.16. The maximum Gasteiger partial charge on any atom is 0.241 e. The fraction of sp³-hybridized carbons (Fsp3) is 0.562. The van der Waals surface area contributed by atoms with E-state index in [4.69, 9.17) is 0 Å². The smallest absolute Gasteiger partial charge is 0.241 e. The Morgan fingerprint density at radius 1 is 1.27 bits per heavy atom. The lowest BCUT2D eigenvalue weighted by Crippen LogP contribution is -2.40. The van der Waals surface area contributed by atoms with Crippen molar-refractivity contribution in [2.45, 2.75) is 56.9 Å². The molecule has 1 N–H and O–H groups in total. The van der Waals surface area contributed by atoms with E-state index in [0.29, 0.717) is 0 Å². The zero-order chi connectivity index (χ0) is 16.3. The molecule has 1 aromatic rings. The summed E-state index contributed by atoms with van der Waals surface area (Å²) in [6, 6.07) is 3.39. The first-order valence-corrected chi connectivity index (χ1v) is 9.11. The van der Waals surface area contributed by atoms with Gasteiger partial charge in [0.05, 0.1) is 16.5 Å². The first-order chi connectivity index (χ1) is 10.1. The van der Waals surface area contributed by atoms with Crippen LogP contribution in [0.2, 0.25) is 0 Å². The van der Waals surface area contributed by atoms with Gasteiger partial charge in [-0.1, -0.05) is 0 Å². The van der Waals surface area contributed by atoms with Gasteiger partial charge in [0.25, 0.3) is 0 Å². The highest BCUT2D eigenvalue weighted by atomic mass is 32.2. The van der Waals surface area contributed by atoms with Gasteiger partial charge in [-0.3, -0.25) is 4.79 Å². The van der Waals surface area contributed by atoms with Gasteiger partial charge in [-0.15, -0.1) is 0 Å².